The summed E-state index contributed by atoms with van der Waals surface area (Å²) in [6.45, 7) is 10.5. The second-order valence-electron chi connectivity index (χ2n) is 15.6. The highest BCUT2D eigenvalue weighted by atomic mass is 16.5. The van der Waals surface area contributed by atoms with E-state index < -0.39 is 24.3 Å². The molecule has 2 aromatic carbocycles. The Labute approximate surface area is 336 Å². The molecule has 2 saturated heterocycles. The summed E-state index contributed by atoms with van der Waals surface area (Å²) in [5.74, 6) is 1.31. The number of benzene rings is 2. The number of aryl methyl sites for hydroxylation is 1. The zero-order valence-corrected chi connectivity index (χ0v) is 33.9. The largest absolute Gasteiger partial charge is 0.453 e. The lowest BCUT2D eigenvalue weighted by molar-refractivity contribution is -0.136. The Morgan fingerprint density at radius 2 is 1.21 bits per heavy atom. The minimum absolute atomic E-state index is 0.120. The van der Waals surface area contributed by atoms with Crippen LogP contribution >= 0.6 is 0 Å². The molecule has 16 nitrogen and oxygen atoms in total. The van der Waals surface area contributed by atoms with Crippen LogP contribution in [0.5, 0.6) is 0 Å². The molecular weight excluding hydrogens is 743 g/mol. The first kappa shape index (κ1) is 40.0. The van der Waals surface area contributed by atoms with Crippen LogP contribution < -0.4 is 10.6 Å². The quantitative estimate of drug-likeness (QED) is 0.112. The van der Waals surface area contributed by atoms with Crippen molar-refractivity contribution in [3.05, 3.63) is 66.3 Å². The van der Waals surface area contributed by atoms with Crippen LogP contribution in [0.3, 0.4) is 0 Å². The van der Waals surface area contributed by atoms with E-state index in [4.69, 9.17) is 23.9 Å². The van der Waals surface area contributed by atoms with Gasteiger partial charge in [-0.3, -0.25) is 9.59 Å². The molecule has 3 aromatic heterocycles. The molecule has 4 N–H and O–H groups in total. The third-order valence-corrected chi connectivity index (χ3v) is 11.1. The number of carbonyl (C=O) groups excluding carboxylic acids is 4. The molecule has 58 heavy (non-hydrogen) atoms. The molecule has 4 unspecified atom stereocenters. The summed E-state index contributed by atoms with van der Waals surface area (Å²) in [5.41, 5.74) is 6.46. The molecule has 16 heteroatoms. The van der Waals surface area contributed by atoms with Crippen LogP contribution in [0.2, 0.25) is 0 Å². The molecule has 7 rings (SSSR count). The maximum absolute atomic E-state index is 13.7. The van der Waals surface area contributed by atoms with E-state index in [9.17, 15) is 19.2 Å². The predicted molar refractivity (Wildman–Crippen MR) is 215 cm³/mol. The van der Waals surface area contributed by atoms with Gasteiger partial charge in [0, 0.05) is 31.1 Å². The average Bonchev–Trinajstić information content (AvgIpc) is 4.06. The lowest BCUT2D eigenvalue weighted by Crippen LogP contribution is -2.51. The Morgan fingerprint density at radius 1 is 0.724 bits per heavy atom. The smallest absolute Gasteiger partial charge is 0.407 e. The maximum atomic E-state index is 13.7. The molecule has 5 aromatic rings. The van der Waals surface area contributed by atoms with E-state index in [0.29, 0.717) is 41.7 Å². The first-order valence-corrected chi connectivity index (χ1v) is 19.8. The number of likely N-dealkylation sites (tertiary alicyclic amines) is 2. The number of carbonyl (C=O) groups is 4. The van der Waals surface area contributed by atoms with Crippen LogP contribution in [-0.4, -0.2) is 98.1 Å². The topological polar surface area (TPSA) is 201 Å². The number of ether oxygens (including phenoxy) is 2. The zero-order chi connectivity index (χ0) is 41.2. The van der Waals surface area contributed by atoms with Crippen molar-refractivity contribution in [3.8, 4) is 33.6 Å². The van der Waals surface area contributed by atoms with Gasteiger partial charge in [0.2, 0.25) is 11.8 Å². The number of oxazole rings is 1. The second-order valence-corrected chi connectivity index (χ2v) is 15.6. The SMILES string of the molecule is COC(=O)NC(C(=O)N1CCCC1c1ncc(-c2ccc(-c3ccc(-c4cnc(C5CCCN5C(=O)C(NC(=O)OC)C(C)C)[nH]4)c4oc(C)nc34)cc2)[nH]1)C(C)C. The van der Waals surface area contributed by atoms with Crippen molar-refractivity contribution in [2.45, 2.75) is 84.5 Å². The highest BCUT2D eigenvalue weighted by Gasteiger charge is 2.39. The van der Waals surface area contributed by atoms with Gasteiger partial charge in [0.05, 0.1) is 50.1 Å². The molecular formula is C42H51N9O7. The monoisotopic (exact) mass is 793 g/mol. The van der Waals surface area contributed by atoms with Gasteiger partial charge in [0.25, 0.3) is 0 Å². The molecule has 4 amide bonds. The second kappa shape index (κ2) is 16.7. The van der Waals surface area contributed by atoms with Crippen molar-refractivity contribution in [3.63, 3.8) is 0 Å². The van der Waals surface area contributed by atoms with Gasteiger partial charge in [-0.05, 0) is 54.7 Å². The number of hydrogen-bond acceptors (Lipinski definition) is 10. The molecule has 5 heterocycles. The van der Waals surface area contributed by atoms with Crippen LogP contribution in [0.25, 0.3) is 44.7 Å². The summed E-state index contributed by atoms with van der Waals surface area (Å²) in [5, 5.41) is 5.39. The maximum Gasteiger partial charge on any atom is 0.407 e. The van der Waals surface area contributed by atoms with Crippen LogP contribution in [0.1, 0.15) is 83.0 Å². The minimum Gasteiger partial charge on any atom is -0.453 e. The van der Waals surface area contributed by atoms with Crippen LogP contribution in [0.4, 0.5) is 9.59 Å². The summed E-state index contributed by atoms with van der Waals surface area (Å²) in [7, 11) is 2.57. The Hall–Kier alpha value is -6.19. The van der Waals surface area contributed by atoms with Gasteiger partial charge in [-0.15, -0.1) is 0 Å². The fourth-order valence-corrected chi connectivity index (χ4v) is 8.07. The summed E-state index contributed by atoms with van der Waals surface area (Å²) >= 11 is 0. The van der Waals surface area contributed by atoms with Crippen LogP contribution in [0, 0.1) is 18.8 Å². The molecule has 2 aliphatic rings. The molecule has 0 saturated carbocycles. The van der Waals surface area contributed by atoms with Gasteiger partial charge in [-0.1, -0.05) is 58.0 Å². The minimum atomic E-state index is -0.722. The summed E-state index contributed by atoms with van der Waals surface area (Å²) in [4.78, 5) is 75.9. The van der Waals surface area contributed by atoms with Gasteiger partial charge in [-0.25, -0.2) is 24.5 Å². The molecule has 0 aliphatic carbocycles. The Balaban J connectivity index is 1.09. The molecule has 2 aliphatic heterocycles. The number of imidazole rings is 2. The van der Waals surface area contributed by atoms with E-state index in [0.717, 1.165) is 59.3 Å². The van der Waals surface area contributed by atoms with Gasteiger partial charge in [0.1, 0.15) is 29.2 Å². The van der Waals surface area contributed by atoms with Gasteiger partial charge >= 0.3 is 12.2 Å². The third-order valence-electron chi connectivity index (χ3n) is 11.1. The van der Waals surface area contributed by atoms with Crippen LogP contribution in [0.15, 0.2) is 53.2 Å². The van der Waals surface area contributed by atoms with Crippen molar-refractivity contribution in [2.24, 2.45) is 11.8 Å². The van der Waals surface area contributed by atoms with Gasteiger partial charge in [0.15, 0.2) is 11.5 Å². The molecule has 0 radical (unpaired) electrons. The van der Waals surface area contributed by atoms with E-state index in [2.05, 4.69) is 25.6 Å². The number of rotatable bonds is 11. The number of alkyl carbamates (subject to hydrolysis) is 2. The lowest BCUT2D eigenvalue weighted by atomic mass is 9.99. The Morgan fingerprint density at radius 3 is 1.72 bits per heavy atom. The summed E-state index contributed by atoms with van der Waals surface area (Å²) < 4.78 is 15.7. The summed E-state index contributed by atoms with van der Waals surface area (Å²) in [6.07, 6.45) is 5.40. The van der Waals surface area contributed by atoms with E-state index in [1.54, 1.807) is 22.2 Å². The normalized spacial score (nSPS) is 17.9. The molecule has 0 spiro atoms. The number of methoxy groups -OCH3 is 2. The van der Waals surface area contributed by atoms with Gasteiger partial charge in [-0.2, -0.15) is 0 Å². The fraction of sp³-hybridized carbons (Fsp3) is 0.452. The van der Waals surface area contributed by atoms with Crippen molar-refractivity contribution >= 4 is 35.1 Å². The highest BCUT2D eigenvalue weighted by Crippen LogP contribution is 2.39. The van der Waals surface area contributed by atoms with Crippen molar-refractivity contribution in [1.82, 2.24) is 45.4 Å². The Kier molecular flexibility index (Phi) is 11.5. The zero-order valence-electron chi connectivity index (χ0n) is 33.9. The lowest BCUT2D eigenvalue weighted by Gasteiger charge is -2.30. The summed E-state index contributed by atoms with van der Waals surface area (Å²) in [6, 6.07) is 10.2. The fourth-order valence-electron chi connectivity index (χ4n) is 8.07. The first-order valence-electron chi connectivity index (χ1n) is 19.8. The van der Waals surface area contributed by atoms with E-state index >= 15 is 0 Å². The average molecular weight is 794 g/mol. The predicted octanol–water partition coefficient (Wildman–Crippen LogP) is 6.67. The number of amides is 4. The van der Waals surface area contributed by atoms with Crippen molar-refractivity contribution in [1.29, 1.82) is 0 Å². The standard InChI is InChI=1S/C42H51N9O7/c1-22(2)33(48-41(54)56-6)39(52)50-18-8-10-31(50)37-43-20-29(46-37)26-14-12-25(13-15-26)27-16-17-28(36-35(27)45-24(5)58-36)30-21-44-38(47-30)32-11-9-19-51(32)40(53)34(23(3)4)49-42(55)57-7/h12-17,20-23,31-34H,8-11,18-19H2,1-7H3,(H,43,46)(H,44,47)(H,48,54)(H,49,55). The molecule has 0 bridgehead atoms. The van der Waals surface area contributed by atoms with E-state index in [1.807, 2.05) is 71.0 Å². The number of aromatic amines is 2. The first-order chi connectivity index (χ1) is 27.9. The number of hydrogen-bond donors (Lipinski definition) is 4. The number of nitrogens with one attached hydrogen (secondary N) is 4. The number of fused-ring (bicyclic) bond motifs is 1. The molecule has 306 valence electrons. The Bertz CT molecular complexity index is 2290. The van der Waals surface area contributed by atoms with E-state index in [1.165, 1.54) is 14.2 Å². The molecule has 2 fully saturated rings. The van der Waals surface area contributed by atoms with E-state index in [-0.39, 0.29) is 35.7 Å². The number of nitrogens with zero attached hydrogens (tertiary/aromatic N) is 5. The van der Waals surface area contributed by atoms with Crippen molar-refractivity contribution in [2.75, 3.05) is 27.3 Å². The highest BCUT2D eigenvalue weighted by molar-refractivity contribution is 5.99. The van der Waals surface area contributed by atoms with Crippen LogP contribution in [-0.2, 0) is 19.1 Å². The number of aromatic nitrogens is 5. The number of H-pyrrole nitrogens is 2. The van der Waals surface area contributed by atoms with Gasteiger partial charge < -0.3 is 44.3 Å². The molecule has 4 atom stereocenters. The third kappa shape index (κ3) is 7.87. The van der Waals surface area contributed by atoms with Crippen molar-refractivity contribution < 1.29 is 33.1 Å².